The van der Waals surface area contributed by atoms with E-state index in [0.29, 0.717) is 13.1 Å². The average molecular weight is 298 g/mol. The summed E-state index contributed by atoms with van der Waals surface area (Å²) in [5.41, 5.74) is 2.21. The summed E-state index contributed by atoms with van der Waals surface area (Å²) in [7, 11) is 4.02. The summed E-state index contributed by atoms with van der Waals surface area (Å²) >= 11 is 0. The third-order valence-corrected chi connectivity index (χ3v) is 3.47. The minimum atomic E-state index is -0.167. The van der Waals surface area contributed by atoms with Crippen molar-refractivity contribution in [3.05, 3.63) is 66.0 Å². The summed E-state index contributed by atoms with van der Waals surface area (Å²) in [5.74, 6) is 0. The highest BCUT2D eigenvalue weighted by atomic mass is 16.2. The Bertz CT molecular complexity index is 572. The Labute approximate surface area is 131 Å². The van der Waals surface area contributed by atoms with Crippen molar-refractivity contribution in [2.45, 2.75) is 12.6 Å². The molecule has 1 heterocycles. The van der Waals surface area contributed by atoms with Crippen LogP contribution in [0, 0.1) is 0 Å². The van der Waals surface area contributed by atoms with E-state index >= 15 is 0 Å². The Kier molecular flexibility index (Phi) is 5.91. The number of pyridine rings is 1. The zero-order valence-corrected chi connectivity index (χ0v) is 13.0. The molecule has 1 atom stereocenters. The molecule has 1 unspecified atom stereocenters. The normalized spacial score (nSPS) is 12.0. The minimum absolute atomic E-state index is 0.146. The smallest absolute Gasteiger partial charge is 0.315 e. The SMILES string of the molecule is CN(C)C(CNC(=O)NCc1ccncc1)c1ccccc1. The van der Waals surface area contributed by atoms with Crippen molar-refractivity contribution in [2.24, 2.45) is 0 Å². The number of rotatable bonds is 6. The summed E-state index contributed by atoms with van der Waals surface area (Å²) in [6.45, 7) is 1.05. The minimum Gasteiger partial charge on any atom is -0.336 e. The maximum absolute atomic E-state index is 11.9. The van der Waals surface area contributed by atoms with Crippen molar-refractivity contribution in [3.8, 4) is 0 Å². The number of likely N-dealkylation sites (N-methyl/N-ethyl adjacent to an activating group) is 1. The number of aromatic nitrogens is 1. The monoisotopic (exact) mass is 298 g/mol. The first-order valence-electron chi connectivity index (χ1n) is 7.29. The lowest BCUT2D eigenvalue weighted by molar-refractivity contribution is 0.232. The molecule has 116 valence electrons. The van der Waals surface area contributed by atoms with Gasteiger partial charge in [0.15, 0.2) is 0 Å². The maximum atomic E-state index is 11.9. The van der Waals surface area contributed by atoms with E-state index in [9.17, 15) is 4.79 Å². The summed E-state index contributed by atoms with van der Waals surface area (Å²) in [6.07, 6.45) is 3.43. The Morgan fingerprint density at radius 3 is 2.41 bits per heavy atom. The maximum Gasteiger partial charge on any atom is 0.315 e. The molecule has 0 saturated heterocycles. The first-order valence-corrected chi connectivity index (χ1v) is 7.29. The lowest BCUT2D eigenvalue weighted by atomic mass is 10.1. The lowest BCUT2D eigenvalue weighted by Gasteiger charge is -2.25. The molecular weight excluding hydrogens is 276 g/mol. The fourth-order valence-corrected chi connectivity index (χ4v) is 2.21. The van der Waals surface area contributed by atoms with E-state index in [1.54, 1.807) is 12.4 Å². The molecule has 0 aliphatic heterocycles. The van der Waals surface area contributed by atoms with Gasteiger partial charge >= 0.3 is 6.03 Å². The van der Waals surface area contributed by atoms with Crippen molar-refractivity contribution >= 4 is 6.03 Å². The zero-order chi connectivity index (χ0) is 15.8. The van der Waals surface area contributed by atoms with Crippen LogP contribution in [0.15, 0.2) is 54.9 Å². The van der Waals surface area contributed by atoms with Gasteiger partial charge in [0.1, 0.15) is 0 Å². The second-order valence-electron chi connectivity index (χ2n) is 5.31. The molecule has 22 heavy (non-hydrogen) atoms. The van der Waals surface area contributed by atoms with Gasteiger partial charge in [-0.3, -0.25) is 4.98 Å². The highest BCUT2D eigenvalue weighted by Gasteiger charge is 2.14. The van der Waals surface area contributed by atoms with E-state index in [1.165, 1.54) is 5.56 Å². The predicted molar refractivity (Wildman–Crippen MR) is 87.3 cm³/mol. The second kappa shape index (κ2) is 8.14. The molecule has 0 saturated carbocycles. The van der Waals surface area contributed by atoms with E-state index in [1.807, 2.05) is 44.4 Å². The topological polar surface area (TPSA) is 57.3 Å². The van der Waals surface area contributed by atoms with Crippen LogP contribution < -0.4 is 10.6 Å². The van der Waals surface area contributed by atoms with Gasteiger partial charge in [-0.25, -0.2) is 4.79 Å². The molecule has 1 aromatic heterocycles. The molecule has 1 aromatic carbocycles. The molecule has 2 amide bonds. The van der Waals surface area contributed by atoms with Crippen LogP contribution in [0.25, 0.3) is 0 Å². The molecule has 2 rings (SSSR count). The Morgan fingerprint density at radius 1 is 1.09 bits per heavy atom. The van der Waals surface area contributed by atoms with E-state index in [4.69, 9.17) is 0 Å². The van der Waals surface area contributed by atoms with Gasteiger partial charge in [-0.1, -0.05) is 30.3 Å². The van der Waals surface area contributed by atoms with Crippen LogP contribution in [-0.4, -0.2) is 36.6 Å². The molecule has 5 heteroatoms. The first kappa shape index (κ1) is 16.0. The van der Waals surface area contributed by atoms with Crippen LogP contribution in [0.2, 0.25) is 0 Å². The molecule has 2 aromatic rings. The number of amides is 2. The Balaban J connectivity index is 1.83. The fourth-order valence-electron chi connectivity index (χ4n) is 2.21. The number of nitrogens with one attached hydrogen (secondary N) is 2. The molecular formula is C17H22N4O. The van der Waals surface area contributed by atoms with Crippen LogP contribution in [0.3, 0.4) is 0 Å². The second-order valence-corrected chi connectivity index (χ2v) is 5.31. The third-order valence-electron chi connectivity index (χ3n) is 3.47. The van der Waals surface area contributed by atoms with Crippen LogP contribution in [-0.2, 0) is 6.54 Å². The van der Waals surface area contributed by atoms with Crippen LogP contribution in [0.5, 0.6) is 0 Å². The van der Waals surface area contributed by atoms with Gasteiger partial charge in [-0.05, 0) is 37.4 Å². The van der Waals surface area contributed by atoms with E-state index in [0.717, 1.165) is 5.56 Å². The first-order chi connectivity index (χ1) is 10.7. The molecule has 0 aliphatic carbocycles. The van der Waals surface area contributed by atoms with Crippen LogP contribution in [0.1, 0.15) is 17.2 Å². The Hall–Kier alpha value is -2.40. The summed E-state index contributed by atoms with van der Waals surface area (Å²) in [6, 6.07) is 13.9. The average Bonchev–Trinajstić information content (AvgIpc) is 2.55. The molecule has 0 fully saturated rings. The fraction of sp³-hybridized carbons (Fsp3) is 0.294. The quantitative estimate of drug-likeness (QED) is 0.859. The lowest BCUT2D eigenvalue weighted by Crippen LogP contribution is -2.40. The molecule has 0 radical (unpaired) electrons. The largest absolute Gasteiger partial charge is 0.336 e. The number of nitrogens with zero attached hydrogens (tertiary/aromatic N) is 2. The summed E-state index contributed by atoms with van der Waals surface area (Å²) in [5, 5.41) is 5.77. The zero-order valence-electron chi connectivity index (χ0n) is 13.0. The van der Waals surface area contributed by atoms with Crippen molar-refractivity contribution < 1.29 is 4.79 Å². The highest BCUT2D eigenvalue weighted by molar-refractivity contribution is 5.73. The van der Waals surface area contributed by atoms with Gasteiger partial charge in [0.25, 0.3) is 0 Å². The number of carbonyl (C=O) groups is 1. The van der Waals surface area contributed by atoms with Gasteiger partial charge < -0.3 is 15.5 Å². The molecule has 0 spiro atoms. The molecule has 5 nitrogen and oxygen atoms in total. The number of hydrogen-bond donors (Lipinski definition) is 2. The van der Waals surface area contributed by atoms with Gasteiger partial charge in [-0.2, -0.15) is 0 Å². The number of urea groups is 1. The van der Waals surface area contributed by atoms with Crippen molar-refractivity contribution in [1.29, 1.82) is 0 Å². The number of hydrogen-bond acceptors (Lipinski definition) is 3. The van der Waals surface area contributed by atoms with Crippen molar-refractivity contribution in [1.82, 2.24) is 20.5 Å². The van der Waals surface area contributed by atoms with E-state index in [2.05, 4.69) is 32.7 Å². The Morgan fingerprint density at radius 2 is 1.77 bits per heavy atom. The molecule has 0 aliphatic rings. The standard InChI is InChI=1S/C17H22N4O/c1-21(2)16(15-6-4-3-5-7-15)13-20-17(22)19-12-14-8-10-18-11-9-14/h3-11,16H,12-13H2,1-2H3,(H2,19,20,22). The van der Waals surface area contributed by atoms with Gasteiger partial charge in [0.05, 0.1) is 6.04 Å². The van der Waals surface area contributed by atoms with Gasteiger partial charge in [0, 0.05) is 25.5 Å². The van der Waals surface area contributed by atoms with Gasteiger partial charge in [0.2, 0.25) is 0 Å². The highest BCUT2D eigenvalue weighted by Crippen LogP contribution is 2.16. The third kappa shape index (κ3) is 4.86. The summed E-state index contributed by atoms with van der Waals surface area (Å²) < 4.78 is 0. The van der Waals surface area contributed by atoms with Crippen LogP contribution in [0.4, 0.5) is 4.79 Å². The molecule has 2 N–H and O–H groups in total. The predicted octanol–water partition coefficient (Wildman–Crippen LogP) is 2.18. The molecule has 0 bridgehead atoms. The van der Waals surface area contributed by atoms with Gasteiger partial charge in [-0.15, -0.1) is 0 Å². The van der Waals surface area contributed by atoms with Crippen molar-refractivity contribution in [3.63, 3.8) is 0 Å². The van der Waals surface area contributed by atoms with Crippen LogP contribution >= 0.6 is 0 Å². The van der Waals surface area contributed by atoms with Crippen molar-refractivity contribution in [2.75, 3.05) is 20.6 Å². The van der Waals surface area contributed by atoms with E-state index in [-0.39, 0.29) is 12.1 Å². The number of carbonyl (C=O) groups excluding carboxylic acids is 1. The summed E-state index contributed by atoms with van der Waals surface area (Å²) in [4.78, 5) is 18.0. The number of benzene rings is 1. The van der Waals surface area contributed by atoms with E-state index < -0.39 is 0 Å².